The van der Waals surface area contributed by atoms with E-state index in [9.17, 15) is 13.6 Å². The predicted molar refractivity (Wildman–Crippen MR) is 80.9 cm³/mol. The number of rotatable bonds is 3. The number of aromatic nitrogens is 4. The summed E-state index contributed by atoms with van der Waals surface area (Å²) in [6.07, 6.45) is -2.47. The Morgan fingerprint density at radius 3 is 2.92 bits per heavy atom. The summed E-state index contributed by atoms with van der Waals surface area (Å²) < 4.78 is 37.6. The number of esters is 1. The molecule has 7 nitrogen and oxygen atoms in total. The third-order valence-electron chi connectivity index (χ3n) is 3.89. The highest BCUT2D eigenvalue weighted by Gasteiger charge is 2.24. The number of halogens is 2. The van der Waals surface area contributed by atoms with Crippen LogP contribution in [0.1, 0.15) is 37.1 Å². The van der Waals surface area contributed by atoms with Gasteiger partial charge in [0.1, 0.15) is 11.5 Å². The molecule has 0 fully saturated rings. The number of ether oxygens (including phenoxy) is 2. The van der Waals surface area contributed by atoms with E-state index in [1.165, 1.54) is 12.1 Å². The third kappa shape index (κ3) is 2.77. The minimum Gasteiger partial charge on any atom is -0.437 e. The van der Waals surface area contributed by atoms with Crippen molar-refractivity contribution in [3.05, 3.63) is 41.7 Å². The van der Waals surface area contributed by atoms with E-state index in [4.69, 9.17) is 9.47 Å². The first kappa shape index (κ1) is 15.4. The molecule has 1 aromatic carbocycles. The summed E-state index contributed by atoms with van der Waals surface area (Å²) in [6.45, 7) is 1.94. The first-order valence-corrected chi connectivity index (χ1v) is 7.54. The van der Waals surface area contributed by atoms with Gasteiger partial charge >= 0.3 is 5.97 Å². The molecule has 1 aliphatic rings. The van der Waals surface area contributed by atoms with Gasteiger partial charge in [0.2, 0.25) is 11.7 Å². The standard InChI is InChI=1S/C16H12F2N4O3/c1-8-6-14(23)25-11-7-9(2-3-10(8)11)24-13-5-4-12-19-20-16(15(17)18)22(12)21-13/h2-5,7-8,15H,6H2,1H3. The zero-order valence-electron chi connectivity index (χ0n) is 13.0. The first-order chi connectivity index (χ1) is 12.0. The average Bonchev–Trinajstić information content (AvgIpc) is 2.97. The minimum atomic E-state index is -2.80. The van der Waals surface area contributed by atoms with Crippen molar-refractivity contribution in [2.24, 2.45) is 0 Å². The minimum absolute atomic E-state index is 0.0606. The maximum absolute atomic E-state index is 12.9. The molecular weight excluding hydrogens is 334 g/mol. The Bertz CT molecular complexity index is 973. The van der Waals surface area contributed by atoms with Crippen LogP contribution in [0, 0.1) is 0 Å². The molecule has 1 atom stereocenters. The van der Waals surface area contributed by atoms with Crippen LogP contribution in [0.25, 0.3) is 5.65 Å². The number of alkyl halides is 2. The topological polar surface area (TPSA) is 78.6 Å². The molecule has 0 saturated heterocycles. The summed E-state index contributed by atoms with van der Waals surface area (Å²) in [6, 6.07) is 8.06. The van der Waals surface area contributed by atoms with E-state index in [1.54, 1.807) is 12.1 Å². The van der Waals surface area contributed by atoms with Gasteiger partial charge in [-0.2, -0.15) is 4.52 Å². The molecule has 4 rings (SSSR count). The summed E-state index contributed by atoms with van der Waals surface area (Å²) in [5.74, 6) is 0.0882. The van der Waals surface area contributed by atoms with Gasteiger partial charge in [-0.3, -0.25) is 4.79 Å². The van der Waals surface area contributed by atoms with Gasteiger partial charge in [0, 0.05) is 12.1 Å². The molecule has 0 spiro atoms. The fourth-order valence-electron chi connectivity index (χ4n) is 2.70. The van der Waals surface area contributed by atoms with E-state index in [0.29, 0.717) is 17.9 Å². The molecule has 1 aliphatic heterocycles. The van der Waals surface area contributed by atoms with Crippen LogP contribution in [0.15, 0.2) is 30.3 Å². The van der Waals surface area contributed by atoms with Gasteiger partial charge in [0.05, 0.1) is 6.42 Å². The predicted octanol–water partition coefficient (Wildman–Crippen LogP) is 3.27. The Hall–Kier alpha value is -3.10. The number of hydrogen-bond donors (Lipinski definition) is 0. The van der Waals surface area contributed by atoms with Gasteiger partial charge in [-0.05, 0) is 23.6 Å². The Labute approximate surface area is 140 Å². The lowest BCUT2D eigenvalue weighted by Crippen LogP contribution is -2.18. The Morgan fingerprint density at radius 1 is 1.28 bits per heavy atom. The Kier molecular flexibility index (Phi) is 3.56. The average molecular weight is 346 g/mol. The molecule has 0 saturated carbocycles. The summed E-state index contributed by atoms with van der Waals surface area (Å²) in [7, 11) is 0. The Balaban J connectivity index is 1.66. The maximum Gasteiger partial charge on any atom is 0.311 e. The van der Waals surface area contributed by atoms with Crippen LogP contribution >= 0.6 is 0 Å². The van der Waals surface area contributed by atoms with Gasteiger partial charge in [-0.25, -0.2) is 8.78 Å². The fraction of sp³-hybridized carbons (Fsp3) is 0.250. The highest BCUT2D eigenvalue weighted by Crippen LogP contribution is 2.37. The lowest BCUT2D eigenvalue weighted by Gasteiger charge is -2.21. The van der Waals surface area contributed by atoms with Crippen LogP contribution in [-0.2, 0) is 4.79 Å². The van der Waals surface area contributed by atoms with Crippen molar-refractivity contribution in [3.8, 4) is 17.4 Å². The van der Waals surface area contributed by atoms with Gasteiger partial charge in [-0.15, -0.1) is 15.3 Å². The highest BCUT2D eigenvalue weighted by molar-refractivity contribution is 5.76. The first-order valence-electron chi connectivity index (χ1n) is 7.54. The fourth-order valence-corrected chi connectivity index (χ4v) is 2.70. The molecule has 1 unspecified atom stereocenters. The van der Waals surface area contributed by atoms with Gasteiger partial charge in [0.15, 0.2) is 5.65 Å². The molecule has 0 N–H and O–H groups in total. The van der Waals surface area contributed by atoms with Crippen LogP contribution < -0.4 is 9.47 Å². The van der Waals surface area contributed by atoms with Crippen LogP contribution in [0.2, 0.25) is 0 Å². The lowest BCUT2D eigenvalue weighted by molar-refractivity contribution is -0.135. The number of fused-ring (bicyclic) bond motifs is 2. The van der Waals surface area contributed by atoms with E-state index in [1.807, 2.05) is 13.0 Å². The summed E-state index contributed by atoms with van der Waals surface area (Å²) in [4.78, 5) is 11.6. The summed E-state index contributed by atoms with van der Waals surface area (Å²) >= 11 is 0. The number of hydrogen-bond acceptors (Lipinski definition) is 6. The van der Waals surface area contributed by atoms with Crippen molar-refractivity contribution >= 4 is 11.6 Å². The van der Waals surface area contributed by atoms with Gasteiger partial charge in [0.25, 0.3) is 6.43 Å². The normalized spacial score (nSPS) is 16.8. The SMILES string of the molecule is CC1CC(=O)Oc2cc(Oc3ccc4nnc(C(F)F)n4n3)ccc21. The monoisotopic (exact) mass is 346 g/mol. The molecule has 9 heteroatoms. The molecule has 128 valence electrons. The van der Waals surface area contributed by atoms with Crippen molar-refractivity contribution in [1.82, 2.24) is 19.8 Å². The lowest BCUT2D eigenvalue weighted by atomic mass is 9.95. The molecular formula is C16H12F2N4O3. The van der Waals surface area contributed by atoms with Crippen LogP contribution in [0.3, 0.4) is 0 Å². The summed E-state index contributed by atoms with van der Waals surface area (Å²) in [5, 5.41) is 11.0. The van der Waals surface area contributed by atoms with E-state index in [-0.39, 0.29) is 23.4 Å². The quantitative estimate of drug-likeness (QED) is 0.535. The second kappa shape index (κ2) is 5.76. The molecule has 3 heterocycles. The zero-order valence-corrected chi connectivity index (χ0v) is 13.0. The second-order valence-corrected chi connectivity index (χ2v) is 5.68. The molecule has 0 amide bonds. The molecule has 3 aromatic rings. The van der Waals surface area contributed by atoms with Crippen molar-refractivity contribution in [1.29, 1.82) is 0 Å². The number of carbonyl (C=O) groups is 1. The smallest absolute Gasteiger partial charge is 0.311 e. The second-order valence-electron chi connectivity index (χ2n) is 5.68. The largest absolute Gasteiger partial charge is 0.437 e. The molecule has 0 bridgehead atoms. The molecule has 2 aromatic heterocycles. The number of benzene rings is 1. The third-order valence-corrected chi connectivity index (χ3v) is 3.89. The van der Waals surface area contributed by atoms with Crippen molar-refractivity contribution in [2.45, 2.75) is 25.7 Å². The van der Waals surface area contributed by atoms with E-state index in [2.05, 4.69) is 15.3 Å². The van der Waals surface area contributed by atoms with Crippen molar-refractivity contribution < 1.29 is 23.0 Å². The molecule has 0 radical (unpaired) electrons. The van der Waals surface area contributed by atoms with Crippen molar-refractivity contribution in [3.63, 3.8) is 0 Å². The maximum atomic E-state index is 12.9. The highest BCUT2D eigenvalue weighted by atomic mass is 19.3. The Morgan fingerprint density at radius 2 is 2.12 bits per heavy atom. The molecule has 25 heavy (non-hydrogen) atoms. The van der Waals surface area contributed by atoms with Crippen LogP contribution in [-0.4, -0.2) is 25.8 Å². The number of nitrogens with zero attached hydrogens (tertiary/aromatic N) is 4. The molecule has 0 aliphatic carbocycles. The summed E-state index contributed by atoms with van der Waals surface area (Å²) in [5.41, 5.74) is 1.10. The van der Waals surface area contributed by atoms with Gasteiger partial charge < -0.3 is 9.47 Å². The van der Waals surface area contributed by atoms with Gasteiger partial charge in [-0.1, -0.05) is 13.0 Å². The van der Waals surface area contributed by atoms with E-state index < -0.39 is 12.2 Å². The van der Waals surface area contributed by atoms with E-state index >= 15 is 0 Å². The number of carbonyl (C=O) groups excluding carboxylic acids is 1. The van der Waals surface area contributed by atoms with Crippen LogP contribution in [0.5, 0.6) is 17.4 Å². The zero-order chi connectivity index (χ0) is 17.6. The van der Waals surface area contributed by atoms with E-state index in [0.717, 1.165) is 10.1 Å². The van der Waals surface area contributed by atoms with Crippen molar-refractivity contribution in [2.75, 3.05) is 0 Å². The van der Waals surface area contributed by atoms with Crippen LogP contribution in [0.4, 0.5) is 8.78 Å².